The zero-order valence-corrected chi connectivity index (χ0v) is 13.0. The first-order valence-corrected chi connectivity index (χ1v) is 8.13. The first-order chi connectivity index (χ1) is 8.54. The molecule has 0 aliphatic carbocycles. The van der Waals surface area contributed by atoms with Crippen molar-refractivity contribution in [2.45, 2.75) is 36.6 Å². The number of rotatable bonds is 4. The summed E-state index contributed by atoms with van der Waals surface area (Å²) in [7, 11) is -3.25. The Kier molecular flexibility index (Phi) is 4.63. The third-order valence-electron chi connectivity index (χ3n) is 2.97. The molecule has 1 rings (SSSR count). The molecule has 0 radical (unpaired) electrons. The van der Waals surface area contributed by atoms with Crippen molar-refractivity contribution in [2.75, 3.05) is 6.26 Å². The van der Waals surface area contributed by atoms with Crippen LogP contribution < -0.4 is 5.32 Å². The van der Waals surface area contributed by atoms with Crippen LogP contribution in [0.5, 0.6) is 0 Å². The lowest BCUT2D eigenvalue weighted by molar-refractivity contribution is 0.0912. The van der Waals surface area contributed by atoms with E-state index in [-0.39, 0.29) is 16.2 Å². The van der Waals surface area contributed by atoms with Crippen molar-refractivity contribution in [3.05, 3.63) is 29.8 Å². The largest absolute Gasteiger partial charge is 0.346 e. The maximum atomic E-state index is 12.0. The van der Waals surface area contributed by atoms with Crippen LogP contribution in [0.4, 0.5) is 0 Å². The van der Waals surface area contributed by atoms with Crippen molar-refractivity contribution in [1.29, 1.82) is 0 Å². The van der Waals surface area contributed by atoms with E-state index >= 15 is 0 Å². The van der Waals surface area contributed by atoms with Crippen LogP contribution in [-0.2, 0) is 9.84 Å². The predicted molar refractivity (Wildman–Crippen MR) is 76.4 cm³/mol. The fourth-order valence-corrected chi connectivity index (χ4v) is 2.00. The Morgan fingerprint density at radius 1 is 1.26 bits per heavy atom. The number of sulfone groups is 1. The smallest absolute Gasteiger partial charge is 0.251 e. The van der Waals surface area contributed by atoms with E-state index in [9.17, 15) is 13.2 Å². The molecule has 0 aromatic heterocycles. The maximum Gasteiger partial charge on any atom is 0.251 e. The topological polar surface area (TPSA) is 63.2 Å². The van der Waals surface area contributed by atoms with Gasteiger partial charge in [-0.2, -0.15) is 0 Å². The van der Waals surface area contributed by atoms with Crippen molar-refractivity contribution in [3.63, 3.8) is 0 Å². The number of alkyl halides is 1. The van der Waals surface area contributed by atoms with E-state index < -0.39 is 15.4 Å². The van der Waals surface area contributed by atoms with Crippen LogP contribution in [0.2, 0.25) is 0 Å². The number of carbonyl (C=O) groups excluding carboxylic acids is 1. The number of amides is 1. The van der Waals surface area contributed by atoms with Gasteiger partial charge in [-0.3, -0.25) is 4.79 Å². The number of nitrogens with one attached hydrogen (secondary N) is 1. The normalized spacial score (nSPS) is 13.9. The third kappa shape index (κ3) is 4.21. The van der Waals surface area contributed by atoms with Gasteiger partial charge in [-0.15, -0.1) is 11.6 Å². The molecule has 1 aromatic carbocycles. The monoisotopic (exact) mass is 303 g/mol. The molecule has 1 atom stereocenters. The molecule has 0 spiro atoms. The minimum atomic E-state index is -3.25. The van der Waals surface area contributed by atoms with Gasteiger partial charge in [0.05, 0.1) is 15.8 Å². The van der Waals surface area contributed by atoms with Gasteiger partial charge in [0.15, 0.2) is 9.84 Å². The molecule has 0 aliphatic heterocycles. The summed E-state index contributed by atoms with van der Waals surface area (Å²) in [5.41, 5.74) is -0.147. The van der Waals surface area contributed by atoms with E-state index in [0.29, 0.717) is 5.56 Å². The fourth-order valence-electron chi connectivity index (χ4n) is 1.32. The van der Waals surface area contributed by atoms with Crippen LogP contribution in [0, 0.1) is 0 Å². The average Bonchev–Trinajstić information content (AvgIpc) is 2.27. The molecule has 0 heterocycles. The molecule has 6 heteroatoms. The van der Waals surface area contributed by atoms with Crippen LogP contribution in [0.25, 0.3) is 0 Å². The van der Waals surface area contributed by atoms with Gasteiger partial charge < -0.3 is 5.32 Å². The highest BCUT2D eigenvalue weighted by Crippen LogP contribution is 2.16. The Balaban J connectivity index is 2.91. The summed E-state index contributed by atoms with van der Waals surface area (Å²) in [6.07, 6.45) is 1.13. The lowest BCUT2D eigenvalue weighted by Crippen LogP contribution is -2.49. The molecule has 1 amide bonds. The van der Waals surface area contributed by atoms with E-state index in [0.717, 1.165) is 6.26 Å². The molecule has 19 heavy (non-hydrogen) atoms. The number of hydrogen-bond donors (Lipinski definition) is 1. The molecule has 0 saturated heterocycles. The van der Waals surface area contributed by atoms with Crippen molar-refractivity contribution >= 4 is 27.3 Å². The lowest BCUT2D eigenvalue weighted by Gasteiger charge is -2.29. The second-order valence-corrected chi connectivity index (χ2v) is 7.76. The third-order valence-corrected chi connectivity index (χ3v) is 4.65. The van der Waals surface area contributed by atoms with Crippen LogP contribution in [0.15, 0.2) is 29.2 Å². The summed E-state index contributed by atoms with van der Waals surface area (Å²) < 4.78 is 22.6. The van der Waals surface area contributed by atoms with Crippen molar-refractivity contribution in [3.8, 4) is 0 Å². The molecular weight excluding hydrogens is 286 g/mol. The Hall–Kier alpha value is -1.07. The molecule has 1 aromatic rings. The lowest BCUT2D eigenvalue weighted by atomic mass is 10.0. The summed E-state index contributed by atoms with van der Waals surface area (Å²) in [5.74, 6) is -0.280. The van der Waals surface area contributed by atoms with Gasteiger partial charge in [-0.1, -0.05) is 0 Å². The average molecular weight is 304 g/mol. The summed E-state index contributed by atoms with van der Waals surface area (Å²) in [6.45, 7) is 5.45. The quantitative estimate of drug-likeness (QED) is 0.868. The molecule has 106 valence electrons. The summed E-state index contributed by atoms with van der Waals surface area (Å²) in [4.78, 5) is 12.2. The van der Waals surface area contributed by atoms with E-state index in [1.54, 1.807) is 6.92 Å². The van der Waals surface area contributed by atoms with Gasteiger partial charge in [-0.25, -0.2) is 8.42 Å². The number of carbonyl (C=O) groups is 1. The highest BCUT2D eigenvalue weighted by molar-refractivity contribution is 7.90. The van der Waals surface area contributed by atoms with Crippen LogP contribution in [0.1, 0.15) is 31.1 Å². The van der Waals surface area contributed by atoms with Gasteiger partial charge in [0, 0.05) is 11.8 Å². The van der Waals surface area contributed by atoms with Gasteiger partial charge in [0.2, 0.25) is 0 Å². The second-order valence-electron chi connectivity index (χ2n) is 5.09. The maximum absolute atomic E-state index is 12.0. The zero-order chi connectivity index (χ0) is 14.8. The SMILES string of the molecule is CC(Cl)C(C)(C)NC(=O)c1ccc(S(C)(=O)=O)cc1. The Morgan fingerprint density at radius 2 is 1.74 bits per heavy atom. The first-order valence-electron chi connectivity index (χ1n) is 5.81. The first kappa shape index (κ1) is 16.0. The molecule has 0 bridgehead atoms. The van der Waals surface area contributed by atoms with Crippen LogP contribution in [0.3, 0.4) is 0 Å². The number of hydrogen-bond acceptors (Lipinski definition) is 3. The molecule has 1 N–H and O–H groups in total. The van der Waals surface area contributed by atoms with Crippen LogP contribution >= 0.6 is 11.6 Å². The van der Waals surface area contributed by atoms with E-state index in [4.69, 9.17) is 11.6 Å². The zero-order valence-electron chi connectivity index (χ0n) is 11.4. The highest BCUT2D eigenvalue weighted by atomic mass is 35.5. The molecular formula is C13H18ClNO3S. The Morgan fingerprint density at radius 3 is 2.11 bits per heavy atom. The van der Waals surface area contributed by atoms with Gasteiger partial charge in [0.1, 0.15) is 0 Å². The summed E-state index contributed by atoms with van der Waals surface area (Å²) >= 11 is 5.99. The van der Waals surface area contributed by atoms with Crippen molar-refractivity contribution in [2.24, 2.45) is 0 Å². The molecule has 0 fully saturated rings. The van der Waals surface area contributed by atoms with E-state index in [2.05, 4.69) is 5.32 Å². The predicted octanol–water partition coefficient (Wildman–Crippen LogP) is 2.23. The molecule has 1 unspecified atom stereocenters. The van der Waals surface area contributed by atoms with Crippen molar-refractivity contribution in [1.82, 2.24) is 5.32 Å². The van der Waals surface area contributed by atoms with E-state index in [1.807, 2.05) is 13.8 Å². The minimum absolute atomic E-state index is 0.189. The van der Waals surface area contributed by atoms with Crippen LogP contribution in [-0.4, -0.2) is 31.5 Å². The summed E-state index contributed by atoms with van der Waals surface area (Å²) in [5, 5.41) is 2.58. The standard InChI is InChI=1S/C13H18ClNO3S/c1-9(14)13(2,3)15-12(16)10-5-7-11(8-6-10)19(4,17)18/h5-9H,1-4H3,(H,15,16). The van der Waals surface area contributed by atoms with Gasteiger partial charge in [0.25, 0.3) is 5.91 Å². The Bertz CT molecular complexity index is 562. The van der Waals surface area contributed by atoms with Gasteiger partial charge in [-0.05, 0) is 45.0 Å². The van der Waals surface area contributed by atoms with Crippen molar-refractivity contribution < 1.29 is 13.2 Å². The fraction of sp³-hybridized carbons (Fsp3) is 0.462. The molecule has 0 saturated carbocycles. The van der Waals surface area contributed by atoms with Gasteiger partial charge >= 0.3 is 0 Å². The Labute approximate surface area is 119 Å². The molecule has 0 aliphatic rings. The number of halogens is 1. The molecule has 4 nitrogen and oxygen atoms in total. The number of benzene rings is 1. The minimum Gasteiger partial charge on any atom is -0.346 e. The highest BCUT2D eigenvalue weighted by Gasteiger charge is 2.26. The second kappa shape index (κ2) is 5.51. The van der Waals surface area contributed by atoms with E-state index in [1.165, 1.54) is 24.3 Å². The summed E-state index contributed by atoms with van der Waals surface area (Å²) in [6, 6.07) is 5.81.